The standard InChI is InChI=1S/4C24H38N2O4/c4*1-14(2)9-17-13-26-8-7-16-10-21(28-5)22(29-6)11-18(16)19(26)12-20(17)30-24(27)23(25)15(3)4/h4*10-11,14-15,17,19-20,23H,7-9,12-13,25H2,1-6H3/t4*17?,19?,20?,23-/m0000/s1/i5D3,7D2,8D2,10D,11D,12D2,13D2,17D,19D,20D;7D2,8D2,10D,11D,12D2,13D2,17D,19D,20D;5D3,7D2,8D2,10D,11D,12D2,13D2,17D,19D;7D2,8D2,10D,11D,12D2,13D2,17D,19D. The maximum atomic E-state index is 13.3. The molecule has 4 fully saturated rings. The van der Waals surface area contributed by atoms with Gasteiger partial charge in [0.15, 0.2) is 46.0 Å². The molecule has 24 heteroatoms. The van der Waals surface area contributed by atoms with Crippen molar-refractivity contribution in [3.05, 3.63) is 92.8 Å². The van der Waals surface area contributed by atoms with Crippen LogP contribution in [0.4, 0.5) is 0 Å². The van der Waals surface area contributed by atoms with Crippen molar-refractivity contribution in [3.63, 3.8) is 0 Å². The van der Waals surface area contributed by atoms with Crippen molar-refractivity contribution in [2.24, 2.45) is 93.9 Å². The van der Waals surface area contributed by atoms with E-state index in [1.165, 1.54) is 55.4 Å². The molecule has 24 nitrogen and oxygen atoms in total. The number of rotatable bonds is 28. The maximum absolute atomic E-state index is 13.3. The highest BCUT2D eigenvalue weighted by Gasteiger charge is 2.47. The van der Waals surface area contributed by atoms with Gasteiger partial charge in [0.25, 0.3) is 0 Å². The van der Waals surface area contributed by atoms with E-state index in [4.69, 9.17) is 124 Å². The molecule has 0 aromatic heterocycles. The molecule has 12 rings (SSSR count). The van der Waals surface area contributed by atoms with Gasteiger partial charge in [0.05, 0.1) is 84.1 Å². The second-order valence-electron chi connectivity index (χ2n) is 31.3. The van der Waals surface area contributed by atoms with Gasteiger partial charge < -0.3 is 79.8 Å². The van der Waals surface area contributed by atoms with Gasteiger partial charge in [-0.25, -0.2) is 0 Å². The normalized spacial score (nSPS) is 44.8. The maximum Gasteiger partial charge on any atom is 0.323 e. The Balaban J connectivity index is 0.000000257. The van der Waals surface area contributed by atoms with Crippen LogP contribution < -0.4 is 60.8 Å². The number of hydrogen-bond acceptors (Lipinski definition) is 24. The molecule has 4 aromatic carbocycles. The third-order valence-corrected chi connectivity index (χ3v) is 18.7. The van der Waals surface area contributed by atoms with E-state index in [-0.39, 0.29) is 19.6 Å². The number of esters is 4. The van der Waals surface area contributed by atoms with Crippen LogP contribution in [0.2, 0.25) is 0 Å². The monoisotopic (exact) mass is 1730 g/mol. The molecule has 0 saturated carbocycles. The van der Waals surface area contributed by atoms with Crippen molar-refractivity contribution in [1.29, 1.82) is 0 Å². The molecule has 672 valence electrons. The van der Waals surface area contributed by atoms with Crippen LogP contribution >= 0.6 is 0 Å². The Morgan fingerprint density at radius 1 is 0.350 bits per heavy atom. The fraction of sp³-hybridized carbons (Fsp3) is 0.708. The molecule has 4 saturated heterocycles. The van der Waals surface area contributed by atoms with E-state index in [1.807, 2.05) is 0 Å². The van der Waals surface area contributed by atoms with Crippen molar-refractivity contribution < 1.29 is 153 Å². The van der Waals surface area contributed by atoms with Crippen LogP contribution in [0.1, 0.15) is 307 Å². The van der Waals surface area contributed by atoms with Crippen LogP contribution in [-0.2, 0) is 63.6 Å². The number of benzene rings is 4. The SMILES string of the molecule is [2H]c1c(OC([2H])([2H])[2H])c(OC)c([2H])c2c1C([2H])([2H])C([2H])([2H])N1C([2H])([2H])C([2H])(CC(C)C)C(OC(=O)[C@@H](N)C(C)C)C([2H])([2H])C21[2H].[2H]c1c(OC([2H])([2H])[2H])c(OC)c([2H])c2c1C([2H])([2H])C([2H])([2H])N1C([2H])([2H])C([2H])(CC(C)C)C([2H])(OC(=O)[C@@H](N)C(C)C)C([2H])([2H])C21[2H].[2H]c1c(OC)c(OC)c([2H])c2c1C([2H])([2H])C([2H])([2H])N1C([2H])([2H])C([2H])(CC(C)C)C(OC(=O)[C@@H](N)C(C)C)C([2H])([2H])C21[2H].[2H]c1c(OC)c(OC)c([2H])c2c1C([2H])([2H])C([2H])([2H])N1C([2H])([2H])C([2H])(CC(C)C)C([2H])(OC(=O)[C@@H](N)C(C)C)C([2H])([2H])C21[2H]. The number of nitrogens with two attached hydrogens (primary N) is 4. The van der Waals surface area contributed by atoms with Gasteiger partial charge in [-0.15, -0.1) is 0 Å². The molecule has 8 aliphatic rings. The molecule has 0 aliphatic carbocycles. The first-order valence-corrected chi connectivity index (χ1v) is 38.9. The Labute approximate surface area is 797 Å². The largest absolute Gasteiger partial charge is 0.493 e. The molecule has 8 aliphatic heterocycles. The van der Waals surface area contributed by atoms with E-state index in [0.717, 1.165) is 42.7 Å². The average molecular weight is 1730 g/mol. The Morgan fingerprint density at radius 2 is 0.567 bits per heavy atom. The highest BCUT2D eigenvalue weighted by atomic mass is 16.6. The molecule has 0 bridgehead atoms. The Bertz CT molecular complexity index is 6910. The minimum atomic E-state index is -3.92. The van der Waals surface area contributed by atoms with E-state index < -0.39 is 449 Å². The van der Waals surface area contributed by atoms with Crippen LogP contribution in [0.3, 0.4) is 0 Å². The lowest BCUT2D eigenvalue weighted by molar-refractivity contribution is -0.161. The molecular formula is C96H152N8O16. The van der Waals surface area contributed by atoms with E-state index in [0.29, 0.717) is 0 Å². The summed E-state index contributed by atoms with van der Waals surface area (Å²) in [6.07, 6.45) is -43.4. The fourth-order valence-corrected chi connectivity index (χ4v) is 12.0. The van der Waals surface area contributed by atoms with E-state index >= 15 is 0 Å². The summed E-state index contributed by atoms with van der Waals surface area (Å²) in [4.78, 5) is 52.3. The Hall–Kier alpha value is -7.16. The Kier molecular flexibility index (Phi) is 16.5. The lowest BCUT2D eigenvalue weighted by Crippen LogP contribution is -2.51. The quantitative estimate of drug-likeness (QED) is 0.0303. The summed E-state index contributed by atoms with van der Waals surface area (Å²) in [5.74, 6) is -28.3. The molecule has 12 unspecified atom stereocenters. The minimum Gasteiger partial charge on any atom is -0.493 e. The number of carbonyl (C=O) groups is 4. The summed E-state index contributed by atoms with van der Waals surface area (Å²) in [5.41, 5.74) is 15.1. The predicted molar refractivity (Wildman–Crippen MR) is 471 cm³/mol. The third-order valence-electron chi connectivity index (χ3n) is 18.7. The van der Waals surface area contributed by atoms with Gasteiger partial charge in [0, 0.05) is 174 Å². The van der Waals surface area contributed by atoms with Gasteiger partial charge in [0.2, 0.25) is 0 Å². The summed E-state index contributed by atoms with van der Waals surface area (Å²) in [7, 11) is -0.435. The second-order valence-corrected chi connectivity index (χ2v) is 31.3. The van der Waals surface area contributed by atoms with Gasteiger partial charge in [-0.05, 0) is 191 Å². The first-order valence-electron chi connectivity index (χ1n) is 66.9. The van der Waals surface area contributed by atoms with E-state index in [2.05, 4.69) is 0 Å². The molecule has 16 atom stereocenters. The summed E-state index contributed by atoms with van der Waals surface area (Å²) < 4.78 is 562. The zero-order valence-corrected chi connectivity index (χ0v) is 71.5. The van der Waals surface area contributed by atoms with Crippen LogP contribution in [0.15, 0.2) is 48.3 Å². The smallest absolute Gasteiger partial charge is 0.323 e. The number of methoxy groups -OCH3 is 8. The fourth-order valence-electron chi connectivity index (χ4n) is 12.0. The van der Waals surface area contributed by atoms with Gasteiger partial charge in [-0.1, -0.05) is 111 Å². The molecule has 8 N–H and O–H groups in total. The minimum absolute atomic E-state index is 0.0131. The van der Waals surface area contributed by atoms with Crippen molar-refractivity contribution in [2.75, 3.05) is 109 Å². The lowest BCUT2D eigenvalue weighted by atomic mass is 9.79. The second kappa shape index (κ2) is 43.9. The number of piperidine rings is 4. The molecule has 0 spiro atoms. The molecular weight excluding hydrogens is 1520 g/mol. The first kappa shape index (κ1) is 45.1. The van der Waals surface area contributed by atoms with Gasteiger partial charge >= 0.3 is 23.9 Å². The molecule has 4 aromatic rings. The number of carbonyl (C=O) groups excluding carboxylic acids is 4. The first-order chi connectivity index (χ1) is 78.5. The topological polar surface area (TPSA) is 296 Å². The van der Waals surface area contributed by atoms with E-state index in [9.17, 15) is 52.1 Å². The summed E-state index contributed by atoms with van der Waals surface area (Å²) >= 11 is 0. The summed E-state index contributed by atoms with van der Waals surface area (Å²) in [6.45, 7) is -4.59. The van der Waals surface area contributed by atoms with Crippen LogP contribution in [0.5, 0.6) is 46.0 Å². The zero-order valence-electron chi connectivity index (χ0n) is 128. The van der Waals surface area contributed by atoms with Crippen molar-refractivity contribution in [2.45, 2.75) is 260 Å². The summed E-state index contributed by atoms with van der Waals surface area (Å²) in [5, 5.41) is 0. The third kappa shape index (κ3) is 23.8. The number of hydrogen-bond donors (Lipinski definition) is 4. The number of nitrogens with zero attached hydrogens (tertiary/aromatic N) is 4. The predicted octanol–water partition coefficient (Wildman–Crippen LogP) is 14.3. The van der Waals surface area contributed by atoms with Crippen LogP contribution in [0, 0.1) is 70.9 Å². The summed E-state index contributed by atoms with van der Waals surface area (Å²) in [6, 6.07) is -28.3. The molecule has 8 heterocycles. The Morgan fingerprint density at radius 3 is 0.800 bits per heavy atom. The molecule has 0 amide bonds. The van der Waals surface area contributed by atoms with Crippen molar-refractivity contribution in [3.8, 4) is 46.0 Å². The van der Waals surface area contributed by atoms with Gasteiger partial charge in [0.1, 0.15) is 48.5 Å². The van der Waals surface area contributed by atoms with Gasteiger partial charge in [-0.2, -0.15) is 0 Å². The van der Waals surface area contributed by atoms with Gasteiger partial charge in [-0.3, -0.25) is 38.8 Å². The van der Waals surface area contributed by atoms with Crippen molar-refractivity contribution in [1.82, 2.24) is 19.6 Å². The zero-order chi connectivity index (χ0) is 138. The highest BCUT2D eigenvalue weighted by Crippen LogP contribution is 2.50. The lowest BCUT2D eigenvalue weighted by Gasteiger charge is -2.47. The van der Waals surface area contributed by atoms with E-state index in [1.54, 1.807) is 55.4 Å². The van der Waals surface area contributed by atoms with Crippen molar-refractivity contribution >= 4 is 23.9 Å². The molecule has 0 radical (unpaired) electrons. The highest BCUT2D eigenvalue weighted by molar-refractivity contribution is 5.77. The number of ether oxygens (including phenoxy) is 12. The average Bonchev–Trinajstić information content (AvgIpc) is 0.627. The van der Waals surface area contributed by atoms with Crippen LogP contribution in [-0.4, -0.2) is 201 Å². The number of fused-ring (bicyclic) bond motifs is 12. The molecule has 120 heavy (non-hydrogen) atoms. The van der Waals surface area contributed by atoms with Crippen LogP contribution in [0.25, 0.3) is 0 Å².